The van der Waals surface area contributed by atoms with Gasteiger partial charge in [0, 0.05) is 28.0 Å². The molecule has 0 atom stereocenters. The molecule has 0 unspecified atom stereocenters. The molecule has 2 aromatic heterocycles. The average molecular weight is 363 g/mol. The zero-order chi connectivity index (χ0) is 11.5. The summed E-state index contributed by atoms with van der Waals surface area (Å²) in [5, 5.41) is 2.08. The smallest absolute Gasteiger partial charge is 0.146 e. The van der Waals surface area contributed by atoms with Crippen LogP contribution in [0.3, 0.4) is 0 Å². The molecule has 0 aliphatic rings. The van der Waals surface area contributed by atoms with Gasteiger partial charge in [-0.2, -0.15) is 0 Å². The van der Waals surface area contributed by atoms with Gasteiger partial charge in [-0.3, -0.25) is 0 Å². The summed E-state index contributed by atoms with van der Waals surface area (Å²) in [6.07, 6.45) is 3.31. The van der Waals surface area contributed by atoms with E-state index >= 15 is 0 Å². The minimum absolute atomic E-state index is 0.839. The molecule has 84 valence electrons. The zero-order valence-electron chi connectivity index (χ0n) is 8.52. The Kier molecular flexibility index (Phi) is 3.94. The summed E-state index contributed by atoms with van der Waals surface area (Å²) in [6.45, 7) is 0.839. The molecular weight excluding hydrogens is 354 g/mol. The number of nitrogens with zero attached hydrogens (tertiary/aromatic N) is 3. The predicted octanol–water partition coefficient (Wildman–Crippen LogP) is 3.70. The lowest BCUT2D eigenvalue weighted by Gasteiger charge is -2.17. The van der Waals surface area contributed by atoms with Crippen molar-refractivity contribution in [2.24, 2.45) is 0 Å². The van der Waals surface area contributed by atoms with Gasteiger partial charge in [-0.15, -0.1) is 11.3 Å². The average Bonchev–Trinajstić information content (AvgIpc) is 2.64. The summed E-state index contributed by atoms with van der Waals surface area (Å²) in [5.74, 6) is 0.902. The second kappa shape index (κ2) is 5.25. The summed E-state index contributed by atoms with van der Waals surface area (Å²) < 4.78 is 2.04. The van der Waals surface area contributed by atoms with Crippen molar-refractivity contribution in [3.8, 4) is 0 Å². The van der Waals surface area contributed by atoms with Gasteiger partial charge in [0.2, 0.25) is 0 Å². The van der Waals surface area contributed by atoms with E-state index < -0.39 is 0 Å². The van der Waals surface area contributed by atoms with Crippen LogP contribution in [0.15, 0.2) is 32.9 Å². The van der Waals surface area contributed by atoms with Gasteiger partial charge in [0.25, 0.3) is 0 Å². The molecule has 6 heteroatoms. The maximum atomic E-state index is 4.24. The van der Waals surface area contributed by atoms with Crippen LogP contribution in [-0.4, -0.2) is 17.0 Å². The fraction of sp³-hybridized carbons (Fsp3) is 0.200. The van der Waals surface area contributed by atoms with E-state index in [1.54, 1.807) is 23.9 Å². The van der Waals surface area contributed by atoms with Gasteiger partial charge in [0.15, 0.2) is 0 Å². The second-order valence-electron chi connectivity index (χ2n) is 3.28. The van der Waals surface area contributed by atoms with E-state index in [1.165, 1.54) is 4.88 Å². The molecule has 2 heterocycles. The van der Waals surface area contributed by atoms with Gasteiger partial charge in [0.05, 0.1) is 11.0 Å². The topological polar surface area (TPSA) is 29.0 Å². The lowest BCUT2D eigenvalue weighted by molar-refractivity contribution is 0.899. The third-order valence-electron chi connectivity index (χ3n) is 2.02. The largest absolute Gasteiger partial charge is 0.353 e. The third-order valence-corrected chi connectivity index (χ3v) is 4.27. The molecule has 0 saturated heterocycles. The quantitative estimate of drug-likeness (QED) is 0.833. The normalized spacial score (nSPS) is 10.4. The number of thiophene rings is 1. The molecule has 0 spiro atoms. The zero-order valence-corrected chi connectivity index (χ0v) is 12.5. The van der Waals surface area contributed by atoms with Crippen LogP contribution in [0.25, 0.3) is 0 Å². The van der Waals surface area contributed by atoms with Crippen molar-refractivity contribution in [3.05, 3.63) is 37.8 Å². The first kappa shape index (κ1) is 12.0. The van der Waals surface area contributed by atoms with Crippen LogP contribution >= 0.6 is 43.2 Å². The molecule has 3 nitrogen and oxygen atoms in total. The maximum Gasteiger partial charge on any atom is 0.146 e. The number of aromatic nitrogens is 2. The molecule has 0 saturated carbocycles. The molecule has 0 amide bonds. The van der Waals surface area contributed by atoms with Gasteiger partial charge in [-0.25, -0.2) is 9.97 Å². The van der Waals surface area contributed by atoms with E-state index in [4.69, 9.17) is 0 Å². The van der Waals surface area contributed by atoms with Crippen molar-refractivity contribution in [2.45, 2.75) is 6.54 Å². The van der Waals surface area contributed by atoms with E-state index in [9.17, 15) is 0 Å². The molecule has 0 bridgehead atoms. The first-order valence-electron chi connectivity index (χ1n) is 4.56. The number of hydrogen-bond donors (Lipinski definition) is 0. The first-order chi connectivity index (χ1) is 7.66. The van der Waals surface area contributed by atoms with Crippen LogP contribution in [0.4, 0.5) is 5.82 Å². The number of hydrogen-bond acceptors (Lipinski definition) is 4. The highest BCUT2D eigenvalue weighted by atomic mass is 79.9. The number of anilines is 1. The minimum Gasteiger partial charge on any atom is -0.353 e. The Morgan fingerprint density at radius 2 is 2.25 bits per heavy atom. The molecule has 2 aromatic rings. The van der Waals surface area contributed by atoms with Gasteiger partial charge in [0.1, 0.15) is 12.1 Å². The van der Waals surface area contributed by atoms with Crippen LogP contribution in [0.1, 0.15) is 4.88 Å². The summed E-state index contributed by atoms with van der Waals surface area (Å²) in [5.41, 5.74) is 0. The van der Waals surface area contributed by atoms with E-state index in [0.29, 0.717) is 0 Å². The maximum absolute atomic E-state index is 4.24. The Morgan fingerprint density at radius 1 is 1.44 bits per heavy atom. The Balaban J connectivity index is 2.14. The standard InChI is InChI=1S/C10H9Br2N3S/c1-15(4-8-2-7(11)5-16-8)10-9(12)3-13-6-14-10/h2-3,5-6H,4H2,1H3. The van der Waals surface area contributed by atoms with Crippen molar-refractivity contribution in [3.63, 3.8) is 0 Å². The monoisotopic (exact) mass is 361 g/mol. The Labute approximate surface area is 115 Å². The minimum atomic E-state index is 0.839. The van der Waals surface area contributed by atoms with Crippen molar-refractivity contribution >= 4 is 49.0 Å². The molecule has 0 aliphatic heterocycles. The summed E-state index contributed by atoms with van der Waals surface area (Å²) in [4.78, 5) is 11.6. The van der Waals surface area contributed by atoms with Crippen LogP contribution in [-0.2, 0) is 6.54 Å². The fourth-order valence-electron chi connectivity index (χ4n) is 1.33. The SMILES string of the molecule is CN(Cc1cc(Br)cs1)c1ncncc1Br. The predicted molar refractivity (Wildman–Crippen MR) is 73.9 cm³/mol. The van der Waals surface area contributed by atoms with Gasteiger partial charge >= 0.3 is 0 Å². The summed E-state index contributed by atoms with van der Waals surface area (Å²) >= 11 is 8.62. The Bertz CT molecular complexity index is 486. The van der Waals surface area contributed by atoms with Crippen LogP contribution in [0, 0.1) is 0 Å². The lowest BCUT2D eigenvalue weighted by atomic mass is 10.4. The fourth-order valence-corrected chi connectivity index (χ4v) is 3.36. The Morgan fingerprint density at radius 3 is 2.88 bits per heavy atom. The van der Waals surface area contributed by atoms with Gasteiger partial charge < -0.3 is 4.90 Å². The molecule has 0 N–H and O–H groups in total. The lowest BCUT2D eigenvalue weighted by Crippen LogP contribution is -2.17. The van der Waals surface area contributed by atoms with E-state index in [-0.39, 0.29) is 0 Å². The van der Waals surface area contributed by atoms with E-state index in [1.807, 2.05) is 7.05 Å². The van der Waals surface area contributed by atoms with E-state index in [0.717, 1.165) is 21.3 Å². The Hall–Kier alpha value is -0.460. The molecular formula is C10H9Br2N3S. The summed E-state index contributed by atoms with van der Waals surface area (Å²) in [6, 6.07) is 2.12. The molecule has 16 heavy (non-hydrogen) atoms. The highest BCUT2D eigenvalue weighted by molar-refractivity contribution is 9.10. The van der Waals surface area contributed by atoms with Gasteiger partial charge in [-0.05, 0) is 37.9 Å². The highest BCUT2D eigenvalue weighted by Crippen LogP contribution is 2.25. The molecule has 0 fully saturated rings. The van der Waals surface area contributed by atoms with Crippen molar-refractivity contribution < 1.29 is 0 Å². The molecule has 0 aromatic carbocycles. The third kappa shape index (κ3) is 2.81. The first-order valence-corrected chi connectivity index (χ1v) is 7.03. The van der Waals surface area contributed by atoms with E-state index in [2.05, 4.69) is 58.2 Å². The number of rotatable bonds is 3. The van der Waals surface area contributed by atoms with Crippen LogP contribution in [0.2, 0.25) is 0 Å². The van der Waals surface area contributed by atoms with Crippen LogP contribution < -0.4 is 4.90 Å². The molecule has 0 aliphatic carbocycles. The van der Waals surface area contributed by atoms with Gasteiger partial charge in [-0.1, -0.05) is 0 Å². The van der Waals surface area contributed by atoms with Crippen molar-refractivity contribution in [1.82, 2.24) is 9.97 Å². The molecule has 2 rings (SSSR count). The number of halogens is 2. The highest BCUT2D eigenvalue weighted by Gasteiger charge is 2.08. The van der Waals surface area contributed by atoms with Crippen LogP contribution in [0.5, 0.6) is 0 Å². The molecule has 0 radical (unpaired) electrons. The second-order valence-corrected chi connectivity index (χ2v) is 6.05. The summed E-state index contributed by atoms with van der Waals surface area (Å²) in [7, 11) is 2.01. The van der Waals surface area contributed by atoms with Crippen molar-refractivity contribution in [2.75, 3.05) is 11.9 Å². The van der Waals surface area contributed by atoms with Crippen molar-refractivity contribution in [1.29, 1.82) is 0 Å².